The number of ether oxygens (including phenoxy) is 2. The molecular formula is C16H24N2O3S. The number of nitrogens with zero attached hydrogens (tertiary/aromatic N) is 2. The molecule has 1 aliphatic carbocycles. The number of amides is 1. The first-order chi connectivity index (χ1) is 10.8. The zero-order valence-electron chi connectivity index (χ0n) is 13.1. The molecule has 0 bridgehead atoms. The number of rotatable bonds is 5. The lowest BCUT2D eigenvalue weighted by molar-refractivity contribution is -0.141. The summed E-state index contributed by atoms with van der Waals surface area (Å²) in [7, 11) is 1.66. The third-order valence-corrected chi connectivity index (χ3v) is 5.57. The molecule has 122 valence electrons. The molecule has 1 aromatic heterocycles. The Morgan fingerprint density at radius 2 is 2.32 bits per heavy atom. The van der Waals surface area contributed by atoms with Gasteiger partial charge in [0, 0.05) is 25.0 Å². The molecule has 0 N–H and O–H groups in total. The zero-order chi connectivity index (χ0) is 15.4. The number of morpholine rings is 1. The minimum absolute atomic E-state index is 0.0270. The van der Waals surface area contributed by atoms with E-state index < -0.39 is 0 Å². The van der Waals surface area contributed by atoms with Gasteiger partial charge in [0.15, 0.2) is 0 Å². The molecule has 2 heterocycles. The van der Waals surface area contributed by atoms with Crippen molar-refractivity contribution in [1.29, 1.82) is 0 Å². The van der Waals surface area contributed by atoms with Crippen molar-refractivity contribution in [3.63, 3.8) is 0 Å². The van der Waals surface area contributed by atoms with Crippen LogP contribution >= 0.6 is 11.3 Å². The standard InChI is InChI=1S/C16H24N2O3S/c1-20-9-14-10-21-7-6-18(14)15(19)8-13-11-22-16(17-13)12-4-2-3-5-12/h11-12,14H,2-10H2,1H3. The fraction of sp³-hybridized carbons (Fsp3) is 0.750. The SMILES string of the molecule is COCC1COCCN1C(=O)Cc1csc(C2CCCC2)n1. The third kappa shape index (κ3) is 3.67. The molecule has 1 atom stereocenters. The number of hydrogen-bond acceptors (Lipinski definition) is 5. The van der Waals surface area contributed by atoms with Crippen LogP contribution in [0, 0.1) is 0 Å². The highest BCUT2D eigenvalue weighted by molar-refractivity contribution is 7.09. The molecule has 22 heavy (non-hydrogen) atoms. The van der Waals surface area contributed by atoms with Gasteiger partial charge in [-0.15, -0.1) is 11.3 Å². The quantitative estimate of drug-likeness (QED) is 0.833. The van der Waals surface area contributed by atoms with Crippen LogP contribution in [-0.4, -0.2) is 55.3 Å². The van der Waals surface area contributed by atoms with E-state index in [0.29, 0.717) is 38.7 Å². The second-order valence-corrected chi connectivity index (χ2v) is 7.00. The van der Waals surface area contributed by atoms with E-state index in [2.05, 4.69) is 5.38 Å². The average molecular weight is 324 g/mol. The van der Waals surface area contributed by atoms with Crippen molar-refractivity contribution < 1.29 is 14.3 Å². The number of carbonyl (C=O) groups is 1. The molecule has 1 amide bonds. The van der Waals surface area contributed by atoms with Crippen molar-refractivity contribution >= 4 is 17.2 Å². The Kier molecular flexibility index (Phi) is 5.44. The predicted molar refractivity (Wildman–Crippen MR) is 85.2 cm³/mol. The lowest BCUT2D eigenvalue weighted by Crippen LogP contribution is -2.51. The predicted octanol–water partition coefficient (Wildman–Crippen LogP) is 2.22. The second-order valence-electron chi connectivity index (χ2n) is 6.11. The monoisotopic (exact) mass is 324 g/mol. The van der Waals surface area contributed by atoms with Crippen molar-refractivity contribution in [3.8, 4) is 0 Å². The molecule has 2 fully saturated rings. The highest BCUT2D eigenvalue weighted by atomic mass is 32.1. The van der Waals surface area contributed by atoms with Crippen molar-refractivity contribution in [2.45, 2.75) is 44.1 Å². The van der Waals surface area contributed by atoms with Gasteiger partial charge in [-0.3, -0.25) is 4.79 Å². The Morgan fingerprint density at radius 1 is 1.50 bits per heavy atom. The number of aromatic nitrogens is 1. The summed E-state index contributed by atoms with van der Waals surface area (Å²) in [6.45, 7) is 2.34. The van der Waals surface area contributed by atoms with Crippen molar-refractivity contribution in [2.24, 2.45) is 0 Å². The van der Waals surface area contributed by atoms with E-state index in [1.807, 2.05) is 4.90 Å². The van der Waals surface area contributed by atoms with Crippen LogP contribution in [0.25, 0.3) is 0 Å². The minimum Gasteiger partial charge on any atom is -0.382 e. The summed E-state index contributed by atoms with van der Waals surface area (Å²) in [5, 5.41) is 3.27. The molecule has 0 spiro atoms. The maximum Gasteiger partial charge on any atom is 0.229 e. The number of hydrogen-bond donors (Lipinski definition) is 0. The first kappa shape index (κ1) is 15.9. The van der Waals surface area contributed by atoms with E-state index in [4.69, 9.17) is 14.5 Å². The van der Waals surface area contributed by atoms with E-state index in [1.165, 1.54) is 30.7 Å². The summed E-state index contributed by atoms with van der Waals surface area (Å²) in [5.41, 5.74) is 0.916. The van der Waals surface area contributed by atoms with Gasteiger partial charge in [-0.25, -0.2) is 4.98 Å². The summed E-state index contributed by atoms with van der Waals surface area (Å²) in [6, 6.07) is 0.0270. The molecule has 1 saturated carbocycles. The Hall–Kier alpha value is -0.980. The molecule has 1 unspecified atom stereocenters. The van der Waals surface area contributed by atoms with Gasteiger partial charge in [0.1, 0.15) is 0 Å². The Labute approximate surface area is 135 Å². The van der Waals surface area contributed by atoms with Crippen LogP contribution < -0.4 is 0 Å². The van der Waals surface area contributed by atoms with Gasteiger partial charge >= 0.3 is 0 Å². The van der Waals surface area contributed by atoms with Gasteiger partial charge < -0.3 is 14.4 Å². The maximum atomic E-state index is 12.6. The van der Waals surface area contributed by atoms with Gasteiger partial charge in [-0.05, 0) is 12.8 Å². The van der Waals surface area contributed by atoms with Crippen LogP contribution in [0.3, 0.4) is 0 Å². The molecule has 3 rings (SSSR count). The fourth-order valence-corrected chi connectivity index (χ4v) is 4.33. The Balaban J connectivity index is 1.60. The van der Waals surface area contributed by atoms with E-state index in [-0.39, 0.29) is 11.9 Å². The minimum atomic E-state index is 0.0270. The average Bonchev–Trinajstić information content (AvgIpc) is 3.19. The molecule has 1 saturated heterocycles. The van der Waals surface area contributed by atoms with Crippen LogP contribution in [0.1, 0.15) is 42.3 Å². The second kappa shape index (κ2) is 7.53. The lowest BCUT2D eigenvalue weighted by atomic mass is 10.1. The van der Waals surface area contributed by atoms with E-state index in [0.717, 1.165) is 5.69 Å². The van der Waals surface area contributed by atoms with Crippen LogP contribution in [0.4, 0.5) is 0 Å². The Morgan fingerprint density at radius 3 is 3.09 bits per heavy atom. The molecule has 2 aliphatic rings. The van der Waals surface area contributed by atoms with E-state index in [1.54, 1.807) is 18.4 Å². The number of thiazole rings is 1. The van der Waals surface area contributed by atoms with E-state index in [9.17, 15) is 4.79 Å². The molecule has 1 aliphatic heterocycles. The molecular weight excluding hydrogens is 300 g/mol. The van der Waals surface area contributed by atoms with Gasteiger partial charge in [0.2, 0.25) is 5.91 Å². The normalized spacial score (nSPS) is 23.1. The first-order valence-corrected chi connectivity index (χ1v) is 8.96. The molecule has 0 radical (unpaired) electrons. The zero-order valence-corrected chi connectivity index (χ0v) is 13.9. The molecule has 0 aromatic carbocycles. The van der Waals surface area contributed by atoms with Crippen LogP contribution in [0.2, 0.25) is 0 Å². The Bertz CT molecular complexity index is 497. The highest BCUT2D eigenvalue weighted by Crippen LogP contribution is 2.35. The maximum absolute atomic E-state index is 12.6. The van der Waals surface area contributed by atoms with Crippen LogP contribution in [-0.2, 0) is 20.7 Å². The smallest absolute Gasteiger partial charge is 0.229 e. The van der Waals surface area contributed by atoms with Crippen LogP contribution in [0.15, 0.2) is 5.38 Å². The molecule has 6 heteroatoms. The number of methoxy groups -OCH3 is 1. The van der Waals surface area contributed by atoms with Crippen LogP contribution in [0.5, 0.6) is 0 Å². The van der Waals surface area contributed by atoms with Gasteiger partial charge in [-0.1, -0.05) is 12.8 Å². The first-order valence-electron chi connectivity index (χ1n) is 8.08. The highest BCUT2D eigenvalue weighted by Gasteiger charge is 2.28. The summed E-state index contributed by atoms with van der Waals surface area (Å²) in [6.07, 6.45) is 5.51. The molecule has 1 aromatic rings. The van der Waals surface area contributed by atoms with Gasteiger partial charge in [0.25, 0.3) is 0 Å². The summed E-state index contributed by atoms with van der Waals surface area (Å²) < 4.78 is 10.6. The van der Waals surface area contributed by atoms with E-state index >= 15 is 0 Å². The summed E-state index contributed by atoms with van der Waals surface area (Å²) in [5.74, 6) is 0.757. The largest absolute Gasteiger partial charge is 0.382 e. The van der Waals surface area contributed by atoms with Crippen molar-refractivity contribution in [3.05, 3.63) is 16.1 Å². The summed E-state index contributed by atoms with van der Waals surface area (Å²) >= 11 is 1.72. The summed E-state index contributed by atoms with van der Waals surface area (Å²) in [4.78, 5) is 19.2. The third-order valence-electron chi connectivity index (χ3n) is 4.51. The number of carbonyl (C=O) groups excluding carboxylic acids is 1. The lowest BCUT2D eigenvalue weighted by Gasteiger charge is -2.35. The molecule has 5 nitrogen and oxygen atoms in total. The topological polar surface area (TPSA) is 51.7 Å². The van der Waals surface area contributed by atoms with Gasteiger partial charge in [-0.2, -0.15) is 0 Å². The van der Waals surface area contributed by atoms with Crippen molar-refractivity contribution in [2.75, 3.05) is 33.5 Å². The van der Waals surface area contributed by atoms with Gasteiger partial charge in [0.05, 0.1) is 43.0 Å². The van der Waals surface area contributed by atoms with Crippen molar-refractivity contribution in [1.82, 2.24) is 9.88 Å². The fourth-order valence-electron chi connectivity index (χ4n) is 3.33.